The molecule has 1 unspecified atom stereocenters. The van der Waals surface area contributed by atoms with Crippen LogP contribution in [0.5, 0.6) is 0 Å². The van der Waals surface area contributed by atoms with Crippen LogP contribution in [0.1, 0.15) is 60.8 Å². The summed E-state index contributed by atoms with van der Waals surface area (Å²) in [5.41, 5.74) is 1.55. The van der Waals surface area contributed by atoms with E-state index in [1.807, 2.05) is 6.08 Å². The van der Waals surface area contributed by atoms with Gasteiger partial charge >= 0.3 is 0 Å². The van der Waals surface area contributed by atoms with Gasteiger partial charge < -0.3 is 0 Å². The van der Waals surface area contributed by atoms with Gasteiger partial charge in [-0.05, 0) is 49.9 Å². The standard InChI is InChI=1S/C19H34/c1-8-9-10-16(4)12-18(6)14-19(7)13-17(5)11-15(2)3/h8-11,15-16,18-19H,1,12-14H2,2-7H3/b10-9-,17-11-/t16?,18-,19+/m1/s1. The van der Waals surface area contributed by atoms with Crippen molar-refractivity contribution in [3.63, 3.8) is 0 Å². The van der Waals surface area contributed by atoms with Crippen molar-refractivity contribution in [1.82, 2.24) is 0 Å². The molecule has 3 atom stereocenters. The summed E-state index contributed by atoms with van der Waals surface area (Å²) >= 11 is 0. The van der Waals surface area contributed by atoms with E-state index in [-0.39, 0.29) is 0 Å². The van der Waals surface area contributed by atoms with Gasteiger partial charge in [0.1, 0.15) is 0 Å². The molecule has 0 aliphatic carbocycles. The van der Waals surface area contributed by atoms with Gasteiger partial charge in [0.15, 0.2) is 0 Å². The second-order valence-corrected chi connectivity index (χ2v) is 6.74. The van der Waals surface area contributed by atoms with Crippen molar-refractivity contribution < 1.29 is 0 Å². The van der Waals surface area contributed by atoms with Crippen LogP contribution in [0.3, 0.4) is 0 Å². The zero-order valence-corrected chi connectivity index (χ0v) is 13.9. The van der Waals surface area contributed by atoms with Crippen molar-refractivity contribution in [3.05, 3.63) is 36.5 Å². The molecule has 0 rings (SSSR count). The molecular formula is C19H34. The van der Waals surface area contributed by atoms with Crippen LogP contribution in [-0.2, 0) is 0 Å². The van der Waals surface area contributed by atoms with Crippen LogP contribution >= 0.6 is 0 Å². The summed E-state index contributed by atoms with van der Waals surface area (Å²) in [5.74, 6) is 2.92. The smallest absolute Gasteiger partial charge is 0.0256 e. The maximum absolute atomic E-state index is 3.72. The SMILES string of the molecule is C=C/C=C\C(C)C[C@@H](C)C[C@@H](C)C/C(C)=C\C(C)C. The molecule has 0 radical (unpaired) electrons. The van der Waals surface area contributed by atoms with Crippen LogP contribution in [0.15, 0.2) is 36.5 Å². The van der Waals surface area contributed by atoms with Gasteiger partial charge in [-0.2, -0.15) is 0 Å². The third-order valence-electron chi connectivity index (χ3n) is 3.44. The van der Waals surface area contributed by atoms with E-state index in [0.29, 0.717) is 11.8 Å². The first-order valence-corrected chi connectivity index (χ1v) is 7.81. The fraction of sp³-hybridized carbons (Fsp3) is 0.684. The lowest BCUT2D eigenvalue weighted by atomic mass is 9.86. The first kappa shape index (κ1) is 18.2. The average molecular weight is 262 g/mol. The second-order valence-electron chi connectivity index (χ2n) is 6.74. The third-order valence-corrected chi connectivity index (χ3v) is 3.44. The van der Waals surface area contributed by atoms with Crippen molar-refractivity contribution in [2.45, 2.75) is 60.8 Å². The van der Waals surface area contributed by atoms with E-state index in [2.05, 4.69) is 66.3 Å². The summed E-state index contributed by atoms with van der Waals surface area (Å²) in [6, 6.07) is 0. The fourth-order valence-corrected chi connectivity index (χ4v) is 3.03. The van der Waals surface area contributed by atoms with Gasteiger partial charge in [0.2, 0.25) is 0 Å². The van der Waals surface area contributed by atoms with Crippen LogP contribution in [-0.4, -0.2) is 0 Å². The van der Waals surface area contributed by atoms with Crippen molar-refractivity contribution in [1.29, 1.82) is 0 Å². The van der Waals surface area contributed by atoms with E-state index in [0.717, 1.165) is 11.8 Å². The van der Waals surface area contributed by atoms with Crippen molar-refractivity contribution in [2.24, 2.45) is 23.7 Å². The van der Waals surface area contributed by atoms with Crippen LogP contribution in [0.2, 0.25) is 0 Å². The minimum absolute atomic E-state index is 0.660. The fourth-order valence-electron chi connectivity index (χ4n) is 3.03. The first-order valence-electron chi connectivity index (χ1n) is 7.81. The van der Waals surface area contributed by atoms with Crippen LogP contribution in [0.4, 0.5) is 0 Å². The quantitative estimate of drug-likeness (QED) is 0.333. The highest BCUT2D eigenvalue weighted by atomic mass is 14.2. The Bertz CT molecular complexity index is 293. The van der Waals surface area contributed by atoms with Crippen molar-refractivity contribution >= 4 is 0 Å². The summed E-state index contributed by atoms with van der Waals surface area (Å²) in [4.78, 5) is 0. The lowest BCUT2D eigenvalue weighted by Crippen LogP contribution is -2.07. The summed E-state index contributed by atoms with van der Waals surface area (Å²) in [7, 11) is 0. The van der Waals surface area contributed by atoms with Crippen LogP contribution in [0, 0.1) is 23.7 Å². The van der Waals surface area contributed by atoms with Gasteiger partial charge in [-0.15, -0.1) is 0 Å². The topological polar surface area (TPSA) is 0 Å². The van der Waals surface area contributed by atoms with Gasteiger partial charge in [-0.1, -0.05) is 71.1 Å². The molecule has 0 aliphatic heterocycles. The van der Waals surface area contributed by atoms with Gasteiger partial charge in [0, 0.05) is 0 Å². The molecule has 0 N–H and O–H groups in total. The molecule has 0 aromatic carbocycles. The van der Waals surface area contributed by atoms with E-state index in [9.17, 15) is 0 Å². The molecule has 0 aliphatic rings. The molecule has 110 valence electrons. The molecule has 0 heterocycles. The predicted octanol–water partition coefficient (Wildman–Crippen LogP) is 6.41. The highest BCUT2D eigenvalue weighted by Crippen LogP contribution is 2.24. The van der Waals surface area contributed by atoms with E-state index in [1.54, 1.807) is 5.57 Å². The number of rotatable bonds is 9. The normalized spacial score (nSPS) is 17.7. The molecule has 0 bridgehead atoms. The van der Waals surface area contributed by atoms with E-state index in [1.165, 1.54) is 19.3 Å². The Balaban J connectivity index is 4.08. The summed E-state index contributed by atoms with van der Waals surface area (Å²) in [5, 5.41) is 0. The van der Waals surface area contributed by atoms with E-state index >= 15 is 0 Å². The van der Waals surface area contributed by atoms with Crippen molar-refractivity contribution in [3.8, 4) is 0 Å². The third kappa shape index (κ3) is 10.8. The zero-order chi connectivity index (χ0) is 14.8. The molecule has 0 saturated carbocycles. The summed E-state index contributed by atoms with van der Waals surface area (Å²) in [6.07, 6.45) is 12.4. The Morgan fingerprint density at radius 1 is 1.00 bits per heavy atom. The maximum atomic E-state index is 3.72. The minimum Gasteiger partial charge on any atom is -0.0991 e. The molecule has 0 amide bonds. The van der Waals surface area contributed by atoms with Crippen molar-refractivity contribution in [2.75, 3.05) is 0 Å². The van der Waals surface area contributed by atoms with E-state index < -0.39 is 0 Å². The molecule has 0 aromatic rings. The molecule has 19 heavy (non-hydrogen) atoms. The highest BCUT2D eigenvalue weighted by Gasteiger charge is 2.11. The van der Waals surface area contributed by atoms with Gasteiger partial charge in [0.25, 0.3) is 0 Å². The largest absolute Gasteiger partial charge is 0.0991 e. The predicted molar refractivity (Wildman–Crippen MR) is 89.3 cm³/mol. The number of hydrogen-bond donors (Lipinski definition) is 0. The van der Waals surface area contributed by atoms with Crippen LogP contribution < -0.4 is 0 Å². The lowest BCUT2D eigenvalue weighted by Gasteiger charge is -2.19. The molecule has 0 fully saturated rings. The average Bonchev–Trinajstić information content (AvgIpc) is 2.24. The Morgan fingerprint density at radius 2 is 1.63 bits per heavy atom. The number of allylic oxidation sites excluding steroid dienone is 5. The Kier molecular flexibility index (Phi) is 9.65. The summed E-state index contributed by atoms with van der Waals surface area (Å²) in [6.45, 7) is 17.6. The molecule has 0 nitrogen and oxygen atoms in total. The van der Waals surface area contributed by atoms with E-state index in [4.69, 9.17) is 0 Å². The Labute approximate surface area is 121 Å². The highest BCUT2D eigenvalue weighted by molar-refractivity contribution is 5.01. The zero-order valence-electron chi connectivity index (χ0n) is 13.9. The summed E-state index contributed by atoms with van der Waals surface area (Å²) < 4.78 is 0. The van der Waals surface area contributed by atoms with Gasteiger partial charge in [-0.3, -0.25) is 0 Å². The number of hydrogen-bond acceptors (Lipinski definition) is 0. The lowest BCUT2D eigenvalue weighted by molar-refractivity contribution is 0.365. The molecule has 0 heteroatoms. The van der Waals surface area contributed by atoms with Gasteiger partial charge in [-0.25, -0.2) is 0 Å². The molecule has 0 spiro atoms. The maximum Gasteiger partial charge on any atom is -0.0256 e. The van der Waals surface area contributed by atoms with Gasteiger partial charge in [0.05, 0.1) is 0 Å². The minimum atomic E-state index is 0.660. The Morgan fingerprint density at radius 3 is 2.16 bits per heavy atom. The molecule has 0 saturated heterocycles. The second kappa shape index (κ2) is 10.1. The Hall–Kier alpha value is -0.780. The molecule has 0 aromatic heterocycles. The molecular weight excluding hydrogens is 228 g/mol. The van der Waals surface area contributed by atoms with Crippen LogP contribution in [0.25, 0.3) is 0 Å². The first-order chi connectivity index (χ1) is 8.85. The monoisotopic (exact) mass is 262 g/mol.